The molecule has 2 heterocycles. The Labute approximate surface area is 335 Å². The Kier molecular flexibility index (Phi) is 12.0. The van der Waals surface area contributed by atoms with E-state index in [0.29, 0.717) is 18.4 Å². The molecule has 11 N–H and O–H groups in total. The van der Waals surface area contributed by atoms with Gasteiger partial charge in [-0.05, 0) is 104 Å². The zero-order valence-electron chi connectivity index (χ0n) is 34.1. The molecule has 7 rings (SSSR count). The van der Waals surface area contributed by atoms with Crippen molar-refractivity contribution in [3.63, 3.8) is 0 Å². The van der Waals surface area contributed by atoms with Crippen LogP contribution in [-0.4, -0.2) is 162 Å². The third-order valence-corrected chi connectivity index (χ3v) is 17.7. The first-order valence-corrected chi connectivity index (χ1v) is 21.3. The van der Waals surface area contributed by atoms with E-state index in [-0.39, 0.29) is 58.4 Å². The molecule has 7 fully saturated rings. The standard InChI is InChI=1S/C42H70O15/c1-19(2)21(45)13-22(46)20(3)29-23(47)14-40(6)27-8-7-26-38(4,18-54-36-34(52)32(50)30(48)24(15-43)55-36)28(57-37-35(53)33(51)31(49)25(16-44)56-37)9-10-41(26)17-42(27,41)12-11-39(29,40)5/h20-37,43-53H,1,7-18H2,2-6H3/t20-,21?,22+,23+,24-,25-,26+,27+,28+,29+,30-,31+,32+,33+,34-,35-,36-,37+,38+,39-,40+,41-,42+/m1/s1. The summed E-state index contributed by atoms with van der Waals surface area (Å²) >= 11 is 0. The van der Waals surface area contributed by atoms with Crippen LogP contribution >= 0.6 is 0 Å². The Morgan fingerprint density at radius 2 is 1.30 bits per heavy atom. The summed E-state index contributed by atoms with van der Waals surface area (Å²) < 4.78 is 24.5. The van der Waals surface area contributed by atoms with Crippen LogP contribution in [0.1, 0.15) is 92.4 Å². The number of rotatable bonds is 12. The van der Waals surface area contributed by atoms with Crippen LogP contribution in [0.5, 0.6) is 0 Å². The third-order valence-electron chi connectivity index (χ3n) is 17.7. The number of fused-ring (bicyclic) bond motifs is 2. The van der Waals surface area contributed by atoms with Gasteiger partial charge in [0, 0.05) is 11.8 Å². The maximum atomic E-state index is 11.9. The van der Waals surface area contributed by atoms with Crippen LogP contribution in [0.3, 0.4) is 0 Å². The minimum absolute atomic E-state index is 0.00534. The fourth-order valence-electron chi connectivity index (χ4n) is 14.3. The molecule has 5 saturated carbocycles. The van der Waals surface area contributed by atoms with Crippen LogP contribution < -0.4 is 0 Å². The highest BCUT2D eigenvalue weighted by Gasteiger charge is 2.83. The summed E-state index contributed by atoms with van der Waals surface area (Å²) in [7, 11) is 0. The van der Waals surface area contributed by atoms with Crippen molar-refractivity contribution in [2.75, 3.05) is 19.8 Å². The van der Waals surface area contributed by atoms with Gasteiger partial charge in [0.05, 0.1) is 44.2 Å². The molecule has 15 heteroatoms. The Morgan fingerprint density at radius 1 is 0.737 bits per heavy atom. The van der Waals surface area contributed by atoms with Gasteiger partial charge in [-0.25, -0.2) is 0 Å². The van der Waals surface area contributed by atoms with Crippen LogP contribution in [0.25, 0.3) is 0 Å². The summed E-state index contributed by atoms with van der Waals surface area (Å²) in [6, 6.07) is 0. The van der Waals surface area contributed by atoms with E-state index in [0.717, 1.165) is 38.5 Å². The van der Waals surface area contributed by atoms with Gasteiger partial charge in [0.15, 0.2) is 12.6 Å². The Balaban J connectivity index is 1.17. The van der Waals surface area contributed by atoms with Crippen LogP contribution in [0, 0.1) is 50.7 Å². The molecular formula is C42H70O15. The molecule has 0 aromatic carbocycles. The van der Waals surface area contributed by atoms with Crippen LogP contribution in [0.4, 0.5) is 0 Å². The Hall–Kier alpha value is -0.860. The number of hydrogen-bond donors (Lipinski definition) is 11. The zero-order chi connectivity index (χ0) is 41.8. The molecule has 328 valence electrons. The normalized spacial score (nSPS) is 54.8. The lowest BCUT2D eigenvalue weighted by Crippen LogP contribution is -2.63. The van der Waals surface area contributed by atoms with Crippen LogP contribution in [-0.2, 0) is 18.9 Å². The van der Waals surface area contributed by atoms with Gasteiger partial charge in [0.1, 0.15) is 48.8 Å². The van der Waals surface area contributed by atoms with E-state index in [1.54, 1.807) is 6.92 Å². The number of hydrogen-bond acceptors (Lipinski definition) is 15. The van der Waals surface area contributed by atoms with E-state index in [2.05, 4.69) is 20.4 Å². The fourth-order valence-corrected chi connectivity index (χ4v) is 14.3. The predicted octanol–water partition coefficient (Wildman–Crippen LogP) is -0.298. The molecule has 0 aromatic rings. The van der Waals surface area contributed by atoms with Crippen molar-refractivity contribution in [2.45, 2.75) is 178 Å². The predicted molar refractivity (Wildman–Crippen MR) is 202 cm³/mol. The van der Waals surface area contributed by atoms with Gasteiger partial charge in [-0.2, -0.15) is 0 Å². The van der Waals surface area contributed by atoms with Gasteiger partial charge in [-0.3, -0.25) is 0 Å². The van der Waals surface area contributed by atoms with Crippen molar-refractivity contribution < 1.29 is 75.1 Å². The van der Waals surface area contributed by atoms with E-state index in [4.69, 9.17) is 18.9 Å². The van der Waals surface area contributed by atoms with E-state index in [1.165, 1.54) is 0 Å². The van der Waals surface area contributed by atoms with Crippen molar-refractivity contribution in [2.24, 2.45) is 50.7 Å². The third kappa shape index (κ3) is 6.55. The number of ether oxygens (including phenoxy) is 4. The molecule has 2 aliphatic heterocycles. The molecule has 2 saturated heterocycles. The summed E-state index contributed by atoms with van der Waals surface area (Å²) in [4.78, 5) is 0. The van der Waals surface area contributed by atoms with E-state index >= 15 is 0 Å². The summed E-state index contributed by atoms with van der Waals surface area (Å²) in [6.45, 7) is 13.0. The summed E-state index contributed by atoms with van der Waals surface area (Å²) in [6.07, 6.45) is -11.1. The minimum atomic E-state index is -1.63. The highest BCUT2D eigenvalue weighted by Crippen LogP contribution is 2.89. The van der Waals surface area contributed by atoms with Crippen molar-refractivity contribution >= 4 is 0 Å². The van der Waals surface area contributed by atoms with Gasteiger partial charge in [0.25, 0.3) is 0 Å². The second-order valence-electron chi connectivity index (χ2n) is 20.2. The molecule has 23 atom stereocenters. The monoisotopic (exact) mass is 814 g/mol. The van der Waals surface area contributed by atoms with Crippen molar-refractivity contribution in [3.8, 4) is 0 Å². The molecule has 57 heavy (non-hydrogen) atoms. The molecule has 0 amide bonds. The number of aliphatic hydroxyl groups excluding tert-OH is 11. The largest absolute Gasteiger partial charge is 0.394 e. The SMILES string of the molecule is C=C(C)C(O)C[C@H](O)[C@@H](C)[C@H]1[C@@H](O)C[C@@]2(C)[C@@H]3CC[C@H]4[C@](C)(CO[C@@H]5O[C@H](CO)[C@@H](O)[C@H](O)[C@H]5O)[C@@H](O[C@@H]5O[C@H](CO)[C@H](O)[C@H](O)[C@H]5O)CC[C@@]45C[C@@]35CC[C@]12C. The molecule has 0 bridgehead atoms. The first kappa shape index (κ1) is 44.2. The van der Waals surface area contributed by atoms with Gasteiger partial charge < -0.3 is 75.1 Å². The second-order valence-corrected chi connectivity index (χ2v) is 20.2. The first-order valence-electron chi connectivity index (χ1n) is 21.3. The minimum Gasteiger partial charge on any atom is -0.394 e. The fraction of sp³-hybridized carbons (Fsp3) is 0.952. The smallest absolute Gasteiger partial charge is 0.186 e. The Bertz CT molecular complexity index is 1470. The quantitative estimate of drug-likeness (QED) is 0.0894. The van der Waals surface area contributed by atoms with Crippen molar-refractivity contribution in [3.05, 3.63) is 12.2 Å². The van der Waals surface area contributed by atoms with Crippen molar-refractivity contribution in [1.29, 1.82) is 0 Å². The van der Waals surface area contributed by atoms with E-state index in [9.17, 15) is 56.2 Å². The molecule has 7 aliphatic rings. The number of aliphatic hydroxyl groups is 11. The van der Waals surface area contributed by atoms with Crippen LogP contribution in [0.2, 0.25) is 0 Å². The zero-order valence-corrected chi connectivity index (χ0v) is 34.1. The van der Waals surface area contributed by atoms with Gasteiger partial charge >= 0.3 is 0 Å². The molecule has 0 aromatic heterocycles. The summed E-state index contributed by atoms with van der Waals surface area (Å²) in [5.74, 6) is -0.144. The van der Waals surface area contributed by atoms with Gasteiger partial charge in [-0.15, -0.1) is 0 Å². The van der Waals surface area contributed by atoms with E-state index in [1.807, 2.05) is 13.8 Å². The summed E-state index contributed by atoms with van der Waals surface area (Å²) in [5, 5.41) is 118. The topological polar surface area (TPSA) is 259 Å². The first-order chi connectivity index (χ1) is 26.7. The maximum absolute atomic E-state index is 11.9. The molecule has 0 radical (unpaired) electrons. The average Bonchev–Trinajstić information content (AvgIpc) is 3.78. The molecule has 2 spiro atoms. The lowest BCUT2D eigenvalue weighted by Gasteiger charge is -2.64. The molecule has 5 aliphatic carbocycles. The van der Waals surface area contributed by atoms with Gasteiger partial charge in [0.2, 0.25) is 0 Å². The summed E-state index contributed by atoms with van der Waals surface area (Å²) in [5.41, 5.74) is -0.923. The highest BCUT2D eigenvalue weighted by atomic mass is 16.7. The Morgan fingerprint density at radius 3 is 1.89 bits per heavy atom. The van der Waals surface area contributed by atoms with Crippen molar-refractivity contribution in [1.82, 2.24) is 0 Å². The second kappa shape index (κ2) is 15.5. The molecule has 15 nitrogen and oxygen atoms in total. The van der Waals surface area contributed by atoms with Crippen LogP contribution in [0.15, 0.2) is 12.2 Å². The highest BCUT2D eigenvalue weighted by molar-refractivity contribution is 5.31. The molecule has 1 unspecified atom stereocenters. The maximum Gasteiger partial charge on any atom is 0.186 e. The van der Waals surface area contributed by atoms with Gasteiger partial charge in [-0.1, -0.05) is 39.8 Å². The lowest BCUT2D eigenvalue weighted by atomic mass is 9.41. The average molecular weight is 815 g/mol. The molecular weight excluding hydrogens is 744 g/mol. The van der Waals surface area contributed by atoms with E-state index < -0.39 is 104 Å². The lowest BCUT2D eigenvalue weighted by molar-refractivity contribution is -0.340.